The molecule has 0 bridgehead atoms. The number of aryl methyl sites for hydroxylation is 1. The summed E-state index contributed by atoms with van der Waals surface area (Å²) in [5.74, 6) is 1.08. The van der Waals surface area contributed by atoms with Crippen molar-refractivity contribution in [2.45, 2.75) is 13.5 Å². The van der Waals surface area contributed by atoms with Crippen LogP contribution in [0.2, 0.25) is 5.02 Å². The Labute approximate surface area is 149 Å². The third-order valence-electron chi connectivity index (χ3n) is 3.15. The van der Waals surface area contributed by atoms with Crippen molar-refractivity contribution in [2.75, 3.05) is 23.9 Å². The zero-order valence-electron chi connectivity index (χ0n) is 13.4. The van der Waals surface area contributed by atoms with Crippen LogP contribution < -0.4 is 5.32 Å². The molecule has 0 fully saturated rings. The molecule has 0 unspecified atom stereocenters. The molecule has 0 aliphatic carbocycles. The molecule has 2 amide bonds. The number of hydrogen-bond donors (Lipinski definition) is 1. The molecule has 0 spiro atoms. The molecular weight excluding hydrogens is 350 g/mol. The van der Waals surface area contributed by atoms with Gasteiger partial charge in [0.15, 0.2) is 5.82 Å². The molecule has 1 aromatic carbocycles. The van der Waals surface area contributed by atoms with Gasteiger partial charge < -0.3 is 14.7 Å². The Kier molecular flexibility index (Phi) is 6.69. The molecular formula is C16H18ClN3O3S. The van der Waals surface area contributed by atoms with E-state index in [0.29, 0.717) is 23.1 Å². The number of aromatic nitrogens is 1. The third kappa shape index (κ3) is 5.58. The van der Waals surface area contributed by atoms with E-state index < -0.39 is 0 Å². The molecule has 0 saturated carbocycles. The fourth-order valence-electron chi connectivity index (χ4n) is 1.92. The Hall–Kier alpha value is -1.99. The summed E-state index contributed by atoms with van der Waals surface area (Å²) in [5, 5.41) is 6.92. The lowest BCUT2D eigenvalue weighted by Gasteiger charge is -2.17. The number of hydrogen-bond acceptors (Lipinski definition) is 5. The molecule has 8 heteroatoms. The minimum atomic E-state index is -0.227. The number of carbonyl (C=O) groups excluding carboxylic acids is 2. The molecule has 2 rings (SSSR count). The van der Waals surface area contributed by atoms with Gasteiger partial charge in [0.2, 0.25) is 11.8 Å². The van der Waals surface area contributed by atoms with Crippen molar-refractivity contribution in [1.29, 1.82) is 0 Å². The molecule has 1 aromatic heterocycles. The summed E-state index contributed by atoms with van der Waals surface area (Å²) in [6.07, 6.45) is 0. The maximum absolute atomic E-state index is 12.1. The molecule has 0 saturated heterocycles. The number of rotatable bonds is 7. The van der Waals surface area contributed by atoms with E-state index >= 15 is 0 Å². The molecule has 0 aliphatic heterocycles. The number of nitrogens with one attached hydrogen (secondary N) is 1. The Bertz CT molecular complexity index is 720. The highest BCUT2D eigenvalue weighted by Gasteiger charge is 2.13. The molecule has 128 valence electrons. The Morgan fingerprint density at radius 3 is 2.75 bits per heavy atom. The number of benzene rings is 1. The molecule has 0 radical (unpaired) electrons. The third-order valence-corrected chi connectivity index (χ3v) is 4.43. The van der Waals surface area contributed by atoms with Crippen LogP contribution in [0.3, 0.4) is 0 Å². The number of carbonyl (C=O) groups is 2. The van der Waals surface area contributed by atoms with Crippen molar-refractivity contribution in [2.24, 2.45) is 0 Å². The highest BCUT2D eigenvalue weighted by Crippen LogP contribution is 2.17. The highest BCUT2D eigenvalue weighted by molar-refractivity contribution is 8.00. The number of amides is 2. The minimum absolute atomic E-state index is 0.0648. The van der Waals surface area contributed by atoms with Gasteiger partial charge in [-0.15, -0.1) is 11.8 Å². The first-order valence-electron chi connectivity index (χ1n) is 7.24. The van der Waals surface area contributed by atoms with E-state index in [9.17, 15) is 9.59 Å². The van der Waals surface area contributed by atoms with E-state index in [1.807, 2.05) is 18.2 Å². The van der Waals surface area contributed by atoms with Gasteiger partial charge in [0.05, 0.1) is 11.5 Å². The fourth-order valence-corrected chi connectivity index (χ4v) is 2.87. The zero-order valence-corrected chi connectivity index (χ0v) is 15.0. The van der Waals surface area contributed by atoms with Crippen LogP contribution in [0.1, 0.15) is 11.3 Å². The van der Waals surface area contributed by atoms with Crippen LogP contribution in [-0.4, -0.2) is 40.4 Å². The summed E-state index contributed by atoms with van der Waals surface area (Å²) in [4.78, 5) is 25.4. The Morgan fingerprint density at radius 1 is 1.33 bits per heavy atom. The van der Waals surface area contributed by atoms with Crippen LogP contribution in [0.25, 0.3) is 0 Å². The monoisotopic (exact) mass is 367 g/mol. The number of anilines is 1. The van der Waals surface area contributed by atoms with Gasteiger partial charge in [0.25, 0.3) is 0 Å². The molecule has 2 aromatic rings. The highest BCUT2D eigenvalue weighted by atomic mass is 35.5. The van der Waals surface area contributed by atoms with Crippen molar-refractivity contribution < 1.29 is 14.1 Å². The SMILES string of the molecule is Cc1cc(NC(=O)CSCC(=O)N(C)Cc2ccccc2Cl)no1. The first kappa shape index (κ1) is 18.4. The first-order valence-corrected chi connectivity index (χ1v) is 8.77. The van der Waals surface area contributed by atoms with E-state index in [2.05, 4.69) is 10.5 Å². The zero-order chi connectivity index (χ0) is 17.5. The van der Waals surface area contributed by atoms with Crippen LogP contribution in [0.5, 0.6) is 0 Å². The molecule has 1 heterocycles. The van der Waals surface area contributed by atoms with Gasteiger partial charge in [-0.05, 0) is 18.6 Å². The van der Waals surface area contributed by atoms with E-state index in [-0.39, 0.29) is 23.3 Å². The smallest absolute Gasteiger partial charge is 0.235 e. The molecule has 24 heavy (non-hydrogen) atoms. The second-order valence-electron chi connectivity index (χ2n) is 5.20. The van der Waals surface area contributed by atoms with Gasteiger partial charge in [-0.25, -0.2) is 0 Å². The van der Waals surface area contributed by atoms with Crippen LogP contribution in [0.4, 0.5) is 5.82 Å². The van der Waals surface area contributed by atoms with Gasteiger partial charge >= 0.3 is 0 Å². The van der Waals surface area contributed by atoms with Crippen molar-refractivity contribution in [1.82, 2.24) is 10.1 Å². The molecule has 0 atom stereocenters. The Morgan fingerprint density at radius 2 is 2.08 bits per heavy atom. The lowest BCUT2D eigenvalue weighted by molar-refractivity contribution is -0.127. The Balaban J connectivity index is 1.72. The largest absolute Gasteiger partial charge is 0.360 e. The lowest BCUT2D eigenvalue weighted by Crippen LogP contribution is -2.28. The maximum atomic E-state index is 12.1. The van der Waals surface area contributed by atoms with E-state index in [0.717, 1.165) is 5.56 Å². The van der Waals surface area contributed by atoms with Gasteiger partial charge in [-0.2, -0.15) is 0 Å². The molecule has 0 aliphatic rings. The number of nitrogens with zero attached hydrogens (tertiary/aromatic N) is 2. The predicted octanol–water partition coefficient (Wildman–Crippen LogP) is 2.97. The second-order valence-corrected chi connectivity index (χ2v) is 6.60. The van der Waals surface area contributed by atoms with Crippen LogP contribution in [0.15, 0.2) is 34.9 Å². The first-order chi connectivity index (χ1) is 11.5. The predicted molar refractivity (Wildman–Crippen MR) is 95.1 cm³/mol. The fraction of sp³-hybridized carbons (Fsp3) is 0.312. The lowest BCUT2D eigenvalue weighted by atomic mass is 10.2. The van der Waals surface area contributed by atoms with Crippen LogP contribution in [-0.2, 0) is 16.1 Å². The van der Waals surface area contributed by atoms with Gasteiger partial charge in [0.1, 0.15) is 5.76 Å². The minimum Gasteiger partial charge on any atom is -0.360 e. The van der Waals surface area contributed by atoms with Gasteiger partial charge in [0, 0.05) is 24.7 Å². The average Bonchev–Trinajstić information content (AvgIpc) is 2.94. The second kappa shape index (κ2) is 8.75. The molecule has 1 N–H and O–H groups in total. The van der Waals surface area contributed by atoms with Crippen LogP contribution >= 0.6 is 23.4 Å². The van der Waals surface area contributed by atoms with Gasteiger partial charge in [-0.3, -0.25) is 9.59 Å². The summed E-state index contributed by atoms with van der Waals surface area (Å²) >= 11 is 7.33. The van der Waals surface area contributed by atoms with Crippen LogP contribution in [0, 0.1) is 6.92 Å². The van der Waals surface area contributed by atoms with E-state index in [1.165, 1.54) is 11.8 Å². The molecule has 6 nitrogen and oxygen atoms in total. The summed E-state index contributed by atoms with van der Waals surface area (Å²) in [5.41, 5.74) is 0.888. The standard InChI is InChI=1S/C16H18ClN3O3S/c1-11-7-14(19-23-11)18-15(21)9-24-10-16(22)20(2)8-12-5-3-4-6-13(12)17/h3-7H,8-10H2,1-2H3,(H,18,19,21). The van der Waals surface area contributed by atoms with Crippen molar-refractivity contribution in [3.63, 3.8) is 0 Å². The quantitative estimate of drug-likeness (QED) is 0.814. The van der Waals surface area contributed by atoms with E-state index in [1.54, 1.807) is 31.0 Å². The van der Waals surface area contributed by atoms with Crippen molar-refractivity contribution in [3.8, 4) is 0 Å². The van der Waals surface area contributed by atoms with Gasteiger partial charge in [-0.1, -0.05) is 35.0 Å². The normalized spacial score (nSPS) is 10.5. The maximum Gasteiger partial charge on any atom is 0.235 e. The summed E-state index contributed by atoms with van der Waals surface area (Å²) < 4.78 is 4.86. The summed E-state index contributed by atoms with van der Waals surface area (Å²) in [7, 11) is 1.71. The number of halogens is 1. The number of thioether (sulfide) groups is 1. The van der Waals surface area contributed by atoms with E-state index in [4.69, 9.17) is 16.1 Å². The topological polar surface area (TPSA) is 75.4 Å². The van der Waals surface area contributed by atoms with Crippen molar-refractivity contribution >= 4 is 41.0 Å². The summed E-state index contributed by atoms with van der Waals surface area (Å²) in [6.45, 7) is 2.17. The summed E-state index contributed by atoms with van der Waals surface area (Å²) in [6, 6.07) is 9.03. The average molecular weight is 368 g/mol. The van der Waals surface area contributed by atoms with Crippen molar-refractivity contribution in [3.05, 3.63) is 46.7 Å².